The topological polar surface area (TPSA) is 64.6 Å². The number of nitriles is 1. The van der Waals surface area contributed by atoms with Crippen molar-refractivity contribution >= 4 is 34.3 Å². The summed E-state index contributed by atoms with van der Waals surface area (Å²) in [4.78, 5) is 7.32. The highest BCUT2D eigenvalue weighted by molar-refractivity contribution is 7.98. The fourth-order valence-corrected chi connectivity index (χ4v) is 5.61. The van der Waals surface area contributed by atoms with Crippen LogP contribution >= 0.6 is 11.8 Å². The third-order valence-corrected chi connectivity index (χ3v) is 7.42. The zero-order chi connectivity index (χ0) is 19.3. The van der Waals surface area contributed by atoms with Crippen LogP contribution in [0.4, 0.5) is 5.82 Å². The second-order valence-electron chi connectivity index (χ2n) is 8.29. The Kier molecular flexibility index (Phi) is 4.26. The molecule has 1 aromatic carbocycles. The molecule has 0 unspecified atom stereocenters. The van der Waals surface area contributed by atoms with Crippen molar-refractivity contribution in [3.63, 3.8) is 0 Å². The van der Waals surface area contributed by atoms with Crippen LogP contribution < -0.4 is 4.90 Å². The Morgan fingerprint density at radius 3 is 2.79 bits per heavy atom. The molecule has 0 aliphatic carbocycles. The lowest BCUT2D eigenvalue weighted by Crippen LogP contribution is -2.41. The monoisotopic (exact) mass is 392 g/mol. The Labute approximate surface area is 169 Å². The van der Waals surface area contributed by atoms with E-state index in [1.807, 2.05) is 30.0 Å². The standard InChI is InChI=1S/C22H24N4OS/c1-22(14-27)7-9-25(10-8-22)21-17-13-28-11-6-15(17)16(12-23)20-24-18-4-2-3-5-19(18)26(20)21/h2-5,27H,6-11,13-14H2,1H3. The number of nitrogens with zero attached hydrogens (tertiary/aromatic N) is 4. The van der Waals surface area contributed by atoms with Crippen molar-refractivity contribution in [2.45, 2.75) is 31.9 Å². The van der Waals surface area contributed by atoms with Gasteiger partial charge in [0.1, 0.15) is 11.9 Å². The number of aromatic nitrogens is 2. The van der Waals surface area contributed by atoms with Crippen LogP contribution in [0.2, 0.25) is 0 Å². The zero-order valence-electron chi connectivity index (χ0n) is 16.1. The molecular formula is C22H24N4OS. The molecule has 2 aliphatic heterocycles. The molecular weight excluding hydrogens is 368 g/mol. The maximum Gasteiger partial charge on any atom is 0.157 e. The van der Waals surface area contributed by atoms with Crippen LogP contribution in [0.15, 0.2) is 24.3 Å². The molecule has 0 spiro atoms. The highest BCUT2D eigenvalue weighted by Crippen LogP contribution is 2.41. The van der Waals surface area contributed by atoms with Gasteiger partial charge in [0.05, 0.1) is 16.6 Å². The normalized spacial score (nSPS) is 19.0. The van der Waals surface area contributed by atoms with Gasteiger partial charge in [-0.15, -0.1) is 0 Å². The number of thioether (sulfide) groups is 1. The second-order valence-corrected chi connectivity index (χ2v) is 9.39. The van der Waals surface area contributed by atoms with Crippen molar-refractivity contribution in [1.82, 2.24) is 9.38 Å². The van der Waals surface area contributed by atoms with Gasteiger partial charge < -0.3 is 10.0 Å². The van der Waals surface area contributed by atoms with Crippen LogP contribution in [0.3, 0.4) is 0 Å². The van der Waals surface area contributed by atoms with Gasteiger partial charge in [0, 0.05) is 31.0 Å². The number of hydrogen-bond donors (Lipinski definition) is 1. The lowest BCUT2D eigenvalue weighted by molar-refractivity contribution is 0.114. The van der Waals surface area contributed by atoms with Gasteiger partial charge in [0.15, 0.2) is 5.65 Å². The van der Waals surface area contributed by atoms with Crippen LogP contribution in [-0.2, 0) is 12.2 Å². The van der Waals surface area contributed by atoms with E-state index in [1.165, 1.54) is 16.9 Å². The minimum atomic E-state index is 0.00796. The smallest absolute Gasteiger partial charge is 0.157 e. The average molecular weight is 393 g/mol. The summed E-state index contributed by atoms with van der Waals surface area (Å²) in [5, 5.41) is 19.7. The molecule has 1 fully saturated rings. The highest BCUT2D eigenvalue weighted by Gasteiger charge is 2.33. The third-order valence-electron chi connectivity index (χ3n) is 6.44. The number of aliphatic hydroxyl groups is 1. The molecule has 0 atom stereocenters. The van der Waals surface area contributed by atoms with E-state index in [4.69, 9.17) is 4.98 Å². The van der Waals surface area contributed by atoms with Gasteiger partial charge in [-0.3, -0.25) is 4.40 Å². The van der Waals surface area contributed by atoms with Crippen LogP contribution in [0.25, 0.3) is 16.7 Å². The summed E-state index contributed by atoms with van der Waals surface area (Å²) in [6.07, 6.45) is 2.87. The molecule has 0 saturated carbocycles. The largest absolute Gasteiger partial charge is 0.396 e. The van der Waals surface area contributed by atoms with E-state index in [0.717, 1.165) is 66.1 Å². The molecule has 144 valence electrons. The minimum absolute atomic E-state index is 0.00796. The minimum Gasteiger partial charge on any atom is -0.396 e. The zero-order valence-corrected chi connectivity index (χ0v) is 16.9. The summed E-state index contributed by atoms with van der Waals surface area (Å²) < 4.78 is 2.22. The van der Waals surface area contributed by atoms with E-state index in [1.54, 1.807) is 0 Å². The van der Waals surface area contributed by atoms with E-state index in [0.29, 0.717) is 0 Å². The molecule has 4 heterocycles. The summed E-state index contributed by atoms with van der Waals surface area (Å²) in [5.74, 6) is 3.21. The van der Waals surface area contributed by atoms with Crippen molar-refractivity contribution < 1.29 is 5.11 Å². The van der Waals surface area contributed by atoms with Crippen molar-refractivity contribution in [2.75, 3.05) is 30.3 Å². The summed E-state index contributed by atoms with van der Waals surface area (Å²) in [7, 11) is 0. The van der Waals surface area contributed by atoms with E-state index in [-0.39, 0.29) is 12.0 Å². The van der Waals surface area contributed by atoms with Crippen molar-refractivity contribution in [3.05, 3.63) is 41.0 Å². The van der Waals surface area contributed by atoms with Crippen molar-refractivity contribution in [2.24, 2.45) is 5.41 Å². The summed E-state index contributed by atoms with van der Waals surface area (Å²) in [6.45, 7) is 4.26. The third kappa shape index (κ3) is 2.61. The van der Waals surface area contributed by atoms with Gasteiger partial charge in [-0.2, -0.15) is 17.0 Å². The number of pyridine rings is 1. The maximum absolute atomic E-state index is 9.97. The molecule has 0 radical (unpaired) electrons. The van der Waals surface area contributed by atoms with Gasteiger partial charge in [-0.1, -0.05) is 19.1 Å². The first kappa shape index (κ1) is 17.8. The number of imidazole rings is 1. The SMILES string of the molecule is CC1(CO)CCN(c2c3c(c(C#N)c4nc5ccccc5n24)CCSC3)CC1. The molecule has 1 N–H and O–H groups in total. The quantitative estimate of drug-likeness (QED) is 0.720. The first-order valence-electron chi connectivity index (χ1n) is 9.94. The van der Waals surface area contributed by atoms with Crippen molar-refractivity contribution in [1.29, 1.82) is 5.26 Å². The molecule has 3 aromatic rings. The van der Waals surface area contributed by atoms with Gasteiger partial charge in [0.2, 0.25) is 0 Å². The summed E-state index contributed by atoms with van der Waals surface area (Å²) >= 11 is 1.95. The van der Waals surface area contributed by atoms with E-state index < -0.39 is 0 Å². The molecule has 2 aliphatic rings. The van der Waals surface area contributed by atoms with Gasteiger partial charge in [-0.25, -0.2) is 4.98 Å². The van der Waals surface area contributed by atoms with E-state index in [2.05, 4.69) is 28.4 Å². The number of rotatable bonds is 2. The van der Waals surface area contributed by atoms with Crippen LogP contribution in [0.5, 0.6) is 0 Å². The maximum atomic E-state index is 9.97. The molecule has 5 rings (SSSR count). The first-order chi connectivity index (χ1) is 13.6. The lowest BCUT2D eigenvalue weighted by atomic mass is 9.81. The number of para-hydroxylation sites is 2. The molecule has 1 saturated heterocycles. The molecule has 6 heteroatoms. The Hall–Kier alpha value is -2.23. The van der Waals surface area contributed by atoms with Gasteiger partial charge in [-0.05, 0) is 48.1 Å². The number of anilines is 1. The average Bonchev–Trinajstić information content (AvgIpc) is 3.12. The Bertz CT molecular complexity index is 1110. The van der Waals surface area contributed by atoms with Crippen LogP contribution in [-0.4, -0.2) is 39.9 Å². The fourth-order valence-electron chi connectivity index (χ4n) is 4.61. The predicted molar refractivity (Wildman–Crippen MR) is 114 cm³/mol. The lowest BCUT2D eigenvalue weighted by Gasteiger charge is -2.41. The summed E-state index contributed by atoms with van der Waals surface area (Å²) in [5.41, 5.74) is 6.04. The van der Waals surface area contributed by atoms with E-state index >= 15 is 0 Å². The van der Waals surface area contributed by atoms with Gasteiger partial charge in [0.25, 0.3) is 0 Å². The molecule has 28 heavy (non-hydrogen) atoms. The second kappa shape index (κ2) is 6.68. The summed E-state index contributed by atoms with van der Waals surface area (Å²) in [6, 6.07) is 10.6. The molecule has 0 bridgehead atoms. The number of hydrogen-bond acceptors (Lipinski definition) is 5. The number of piperidine rings is 1. The van der Waals surface area contributed by atoms with Gasteiger partial charge >= 0.3 is 0 Å². The number of benzene rings is 1. The molecule has 0 amide bonds. The number of aliphatic hydroxyl groups excluding tert-OH is 1. The Morgan fingerprint density at radius 2 is 2.04 bits per heavy atom. The van der Waals surface area contributed by atoms with Crippen LogP contribution in [0.1, 0.15) is 36.5 Å². The Balaban J connectivity index is 1.79. The highest BCUT2D eigenvalue weighted by atomic mass is 32.2. The van der Waals surface area contributed by atoms with Crippen LogP contribution in [0, 0.1) is 16.7 Å². The molecule has 2 aromatic heterocycles. The fraction of sp³-hybridized carbons (Fsp3) is 0.455. The van der Waals surface area contributed by atoms with E-state index in [9.17, 15) is 10.4 Å². The van der Waals surface area contributed by atoms with Crippen molar-refractivity contribution in [3.8, 4) is 6.07 Å². The predicted octanol–water partition coefficient (Wildman–Crippen LogP) is 3.75. The first-order valence-corrected chi connectivity index (χ1v) is 11.1. The Morgan fingerprint density at radius 1 is 1.25 bits per heavy atom. The number of fused-ring (bicyclic) bond motifs is 4. The molecule has 5 nitrogen and oxygen atoms in total.